The summed E-state index contributed by atoms with van der Waals surface area (Å²) >= 11 is 0. The summed E-state index contributed by atoms with van der Waals surface area (Å²) in [6.45, 7) is 5.88. The molecule has 1 aliphatic rings. The van der Waals surface area contributed by atoms with Crippen molar-refractivity contribution in [2.75, 3.05) is 19.8 Å². The van der Waals surface area contributed by atoms with Crippen molar-refractivity contribution >= 4 is 5.78 Å². The topological polar surface area (TPSA) is 38.3 Å². The first-order valence-corrected chi connectivity index (χ1v) is 4.76. The van der Waals surface area contributed by atoms with Crippen molar-refractivity contribution in [1.29, 1.82) is 0 Å². The molecular weight excluding hydrogens is 166 g/mol. The third-order valence-electron chi connectivity index (χ3n) is 2.10. The number of ketones is 1. The number of allylic oxidation sites excluding steroid dienone is 1. The monoisotopic (exact) mass is 183 g/mol. The van der Waals surface area contributed by atoms with E-state index in [2.05, 4.69) is 11.9 Å². The van der Waals surface area contributed by atoms with Crippen LogP contribution >= 0.6 is 0 Å². The Kier molecular flexibility index (Phi) is 4.72. The molecule has 1 rings (SSSR count). The molecule has 1 saturated heterocycles. The van der Waals surface area contributed by atoms with Crippen LogP contribution in [0.15, 0.2) is 12.7 Å². The van der Waals surface area contributed by atoms with Crippen LogP contribution in [-0.4, -0.2) is 31.6 Å². The molecule has 1 aliphatic heterocycles. The van der Waals surface area contributed by atoms with Gasteiger partial charge in [0.2, 0.25) is 0 Å². The zero-order valence-corrected chi connectivity index (χ0v) is 7.92. The lowest BCUT2D eigenvalue weighted by Gasteiger charge is -2.22. The molecule has 0 aliphatic carbocycles. The molecule has 1 atom stereocenters. The van der Waals surface area contributed by atoms with Gasteiger partial charge in [0.15, 0.2) is 0 Å². The first-order valence-electron chi connectivity index (χ1n) is 4.76. The molecule has 0 spiro atoms. The van der Waals surface area contributed by atoms with Gasteiger partial charge in [-0.3, -0.25) is 4.79 Å². The van der Waals surface area contributed by atoms with Gasteiger partial charge in [-0.15, -0.1) is 6.58 Å². The molecule has 0 saturated carbocycles. The Balaban J connectivity index is 2.14. The molecule has 0 amide bonds. The predicted molar refractivity (Wildman–Crippen MR) is 51.7 cm³/mol. The Morgan fingerprint density at radius 2 is 2.54 bits per heavy atom. The number of hydrogen-bond acceptors (Lipinski definition) is 3. The van der Waals surface area contributed by atoms with E-state index in [0.29, 0.717) is 25.2 Å². The van der Waals surface area contributed by atoms with Gasteiger partial charge in [0.1, 0.15) is 5.78 Å². The van der Waals surface area contributed by atoms with Gasteiger partial charge in [0, 0.05) is 25.4 Å². The summed E-state index contributed by atoms with van der Waals surface area (Å²) < 4.78 is 5.25. The third-order valence-corrected chi connectivity index (χ3v) is 2.10. The van der Waals surface area contributed by atoms with Crippen molar-refractivity contribution in [2.24, 2.45) is 0 Å². The molecule has 3 heteroatoms. The van der Waals surface area contributed by atoms with Crippen molar-refractivity contribution < 1.29 is 9.53 Å². The number of rotatable bonds is 5. The third kappa shape index (κ3) is 4.20. The standard InChI is InChI=1S/C10H17NO2/c1-2-3-4-10(12)7-9-8-13-6-5-11-9/h2,9,11H,1,3-8H2. The minimum Gasteiger partial charge on any atom is -0.379 e. The summed E-state index contributed by atoms with van der Waals surface area (Å²) in [6.07, 6.45) is 3.77. The van der Waals surface area contributed by atoms with E-state index in [-0.39, 0.29) is 6.04 Å². The highest BCUT2D eigenvalue weighted by Crippen LogP contribution is 2.03. The Morgan fingerprint density at radius 1 is 1.69 bits per heavy atom. The van der Waals surface area contributed by atoms with Crippen molar-refractivity contribution in [2.45, 2.75) is 25.3 Å². The smallest absolute Gasteiger partial charge is 0.134 e. The van der Waals surface area contributed by atoms with Gasteiger partial charge in [0.05, 0.1) is 13.2 Å². The van der Waals surface area contributed by atoms with E-state index in [1.165, 1.54) is 0 Å². The first-order chi connectivity index (χ1) is 6.33. The zero-order chi connectivity index (χ0) is 9.52. The number of nitrogens with one attached hydrogen (secondary N) is 1. The normalized spacial score (nSPS) is 22.6. The number of carbonyl (C=O) groups is 1. The second-order valence-corrected chi connectivity index (χ2v) is 3.30. The second-order valence-electron chi connectivity index (χ2n) is 3.30. The van der Waals surface area contributed by atoms with Crippen LogP contribution in [-0.2, 0) is 9.53 Å². The highest BCUT2D eigenvalue weighted by atomic mass is 16.5. The SMILES string of the molecule is C=CCCC(=O)CC1COCCN1. The van der Waals surface area contributed by atoms with Crippen molar-refractivity contribution in [3.8, 4) is 0 Å². The maximum atomic E-state index is 11.3. The zero-order valence-electron chi connectivity index (χ0n) is 7.92. The second kappa shape index (κ2) is 5.89. The van der Waals surface area contributed by atoms with Crippen LogP contribution in [0.2, 0.25) is 0 Å². The fraction of sp³-hybridized carbons (Fsp3) is 0.700. The Bertz CT molecular complexity index is 174. The lowest BCUT2D eigenvalue weighted by molar-refractivity contribution is -0.120. The Hall–Kier alpha value is -0.670. The van der Waals surface area contributed by atoms with Crippen molar-refractivity contribution in [3.05, 3.63) is 12.7 Å². The number of morpholine rings is 1. The van der Waals surface area contributed by atoms with Crippen LogP contribution in [0.25, 0.3) is 0 Å². The highest BCUT2D eigenvalue weighted by molar-refractivity contribution is 5.79. The maximum absolute atomic E-state index is 11.3. The van der Waals surface area contributed by atoms with Crippen LogP contribution in [0, 0.1) is 0 Å². The maximum Gasteiger partial charge on any atom is 0.134 e. The molecule has 74 valence electrons. The van der Waals surface area contributed by atoms with Gasteiger partial charge >= 0.3 is 0 Å². The number of hydrogen-bond donors (Lipinski definition) is 1. The molecule has 13 heavy (non-hydrogen) atoms. The van der Waals surface area contributed by atoms with Crippen molar-refractivity contribution in [1.82, 2.24) is 5.32 Å². The molecule has 0 radical (unpaired) electrons. The quantitative estimate of drug-likeness (QED) is 0.644. The minimum absolute atomic E-state index is 0.228. The van der Waals surface area contributed by atoms with Gasteiger partial charge in [0.25, 0.3) is 0 Å². The van der Waals surface area contributed by atoms with Crippen LogP contribution in [0.1, 0.15) is 19.3 Å². The number of ether oxygens (including phenoxy) is 1. The van der Waals surface area contributed by atoms with E-state index in [0.717, 1.165) is 19.6 Å². The number of Topliss-reactive ketones (excluding diaryl/α,β-unsaturated/α-hetero) is 1. The lowest BCUT2D eigenvalue weighted by atomic mass is 10.1. The molecule has 1 unspecified atom stereocenters. The van der Waals surface area contributed by atoms with E-state index < -0.39 is 0 Å². The van der Waals surface area contributed by atoms with E-state index in [4.69, 9.17) is 4.74 Å². The minimum atomic E-state index is 0.228. The fourth-order valence-corrected chi connectivity index (χ4v) is 1.39. The molecule has 0 aromatic rings. The van der Waals surface area contributed by atoms with Gasteiger partial charge < -0.3 is 10.1 Å². The molecule has 0 bridgehead atoms. The average molecular weight is 183 g/mol. The van der Waals surface area contributed by atoms with Gasteiger partial charge in [-0.05, 0) is 6.42 Å². The van der Waals surface area contributed by atoms with E-state index in [9.17, 15) is 4.79 Å². The summed E-state index contributed by atoms with van der Waals surface area (Å²) in [6, 6.07) is 0.228. The van der Waals surface area contributed by atoms with E-state index in [1.807, 2.05) is 0 Å². The van der Waals surface area contributed by atoms with Gasteiger partial charge in [-0.1, -0.05) is 6.08 Å². The summed E-state index contributed by atoms with van der Waals surface area (Å²) in [4.78, 5) is 11.3. The number of carbonyl (C=O) groups excluding carboxylic acids is 1. The molecule has 1 N–H and O–H groups in total. The average Bonchev–Trinajstić information content (AvgIpc) is 2.16. The van der Waals surface area contributed by atoms with Gasteiger partial charge in [-0.2, -0.15) is 0 Å². The van der Waals surface area contributed by atoms with E-state index >= 15 is 0 Å². The fourth-order valence-electron chi connectivity index (χ4n) is 1.39. The molecule has 0 aromatic carbocycles. The summed E-state index contributed by atoms with van der Waals surface area (Å²) in [5, 5.41) is 3.25. The van der Waals surface area contributed by atoms with Crippen LogP contribution < -0.4 is 5.32 Å². The summed E-state index contributed by atoms with van der Waals surface area (Å²) in [5.74, 6) is 0.294. The molecule has 1 fully saturated rings. The Labute approximate surface area is 79.2 Å². The molecule has 1 heterocycles. The lowest BCUT2D eigenvalue weighted by Crippen LogP contribution is -2.42. The molecule has 3 nitrogen and oxygen atoms in total. The van der Waals surface area contributed by atoms with Crippen LogP contribution in [0.3, 0.4) is 0 Å². The van der Waals surface area contributed by atoms with Gasteiger partial charge in [-0.25, -0.2) is 0 Å². The highest BCUT2D eigenvalue weighted by Gasteiger charge is 2.15. The van der Waals surface area contributed by atoms with Crippen LogP contribution in [0.5, 0.6) is 0 Å². The van der Waals surface area contributed by atoms with E-state index in [1.54, 1.807) is 6.08 Å². The Morgan fingerprint density at radius 3 is 3.15 bits per heavy atom. The van der Waals surface area contributed by atoms with Crippen molar-refractivity contribution in [3.63, 3.8) is 0 Å². The molecular formula is C10H17NO2. The largest absolute Gasteiger partial charge is 0.379 e. The first kappa shape index (κ1) is 10.4. The van der Waals surface area contributed by atoms with Crippen LogP contribution in [0.4, 0.5) is 0 Å². The molecule has 0 aromatic heterocycles. The summed E-state index contributed by atoms with van der Waals surface area (Å²) in [7, 11) is 0. The summed E-state index contributed by atoms with van der Waals surface area (Å²) in [5.41, 5.74) is 0. The predicted octanol–water partition coefficient (Wildman–Crippen LogP) is 0.900.